The smallest absolute Gasteiger partial charge is 0.225 e. The summed E-state index contributed by atoms with van der Waals surface area (Å²) in [5.41, 5.74) is 1.39. The first-order chi connectivity index (χ1) is 8.29. The van der Waals surface area contributed by atoms with Crippen LogP contribution >= 0.6 is 20.8 Å². The van der Waals surface area contributed by atoms with Crippen molar-refractivity contribution in [2.75, 3.05) is 0 Å². The summed E-state index contributed by atoms with van der Waals surface area (Å²) >= 11 is 1.56. The van der Waals surface area contributed by atoms with E-state index in [9.17, 15) is 5.21 Å². The van der Waals surface area contributed by atoms with Crippen molar-refractivity contribution in [2.45, 2.75) is 6.61 Å². The number of nitrogens with zero attached hydrogens (tertiary/aromatic N) is 2. The molecule has 4 nitrogen and oxygen atoms in total. The van der Waals surface area contributed by atoms with E-state index in [1.165, 1.54) is 6.20 Å². The predicted octanol–water partition coefficient (Wildman–Crippen LogP) is 2.39. The lowest BCUT2D eigenvalue weighted by Gasteiger charge is -2.00. The fourth-order valence-corrected chi connectivity index (χ4v) is 3.10. The molecule has 0 spiro atoms. The highest BCUT2D eigenvalue weighted by molar-refractivity contribution is 7.19. The molecule has 0 aliphatic rings. The van der Waals surface area contributed by atoms with Crippen molar-refractivity contribution in [3.05, 3.63) is 40.7 Å². The molecule has 0 aliphatic carbocycles. The molecule has 1 atom stereocenters. The number of para-hydroxylation sites is 1. The molecule has 0 saturated heterocycles. The highest BCUT2D eigenvalue weighted by atomic mass is 32.1. The van der Waals surface area contributed by atoms with Crippen LogP contribution in [-0.2, 0) is 11.1 Å². The summed E-state index contributed by atoms with van der Waals surface area (Å²) < 4.78 is 6.88. The number of rotatable bonds is 2. The maximum Gasteiger partial charge on any atom is 0.225 e. The Morgan fingerprint density at radius 3 is 3.06 bits per heavy atom. The average Bonchev–Trinajstić information content (AvgIpc) is 2.73. The van der Waals surface area contributed by atoms with Gasteiger partial charge < -0.3 is 9.73 Å². The van der Waals surface area contributed by atoms with Gasteiger partial charge in [0.25, 0.3) is 0 Å². The van der Waals surface area contributed by atoms with Crippen LogP contribution in [0.5, 0.6) is 0 Å². The van der Waals surface area contributed by atoms with E-state index in [1.807, 2.05) is 24.3 Å². The van der Waals surface area contributed by atoms with Crippen molar-refractivity contribution in [1.29, 1.82) is 0 Å². The molecule has 0 N–H and O–H groups in total. The summed E-state index contributed by atoms with van der Waals surface area (Å²) in [5.74, 6) is 0. The molecule has 0 radical (unpaired) electrons. The Balaban J connectivity index is 2.38. The summed E-state index contributed by atoms with van der Waals surface area (Å²) in [5, 5.41) is 13.6. The fourth-order valence-electron chi connectivity index (χ4n) is 1.83. The second-order valence-electron chi connectivity index (χ2n) is 3.61. The predicted molar refractivity (Wildman–Crippen MR) is 70.6 cm³/mol. The maximum atomic E-state index is 11.8. The van der Waals surface area contributed by atoms with Crippen LogP contribution in [0.3, 0.4) is 0 Å². The first kappa shape index (κ1) is 10.8. The third-order valence-corrected chi connectivity index (χ3v) is 3.77. The molecule has 3 aromatic rings. The molecule has 0 bridgehead atoms. The standard InChI is InChI=1S/C11H9N2O2PS/c14-13-5-8-11(17-10(12-8)6-15-16)7-3-1-2-4-9(7)13/h1-5H,6,16H2. The van der Waals surface area contributed by atoms with Crippen LogP contribution in [0.15, 0.2) is 30.5 Å². The summed E-state index contributed by atoms with van der Waals surface area (Å²) in [6, 6.07) is 7.53. The Labute approximate surface area is 104 Å². The lowest BCUT2D eigenvalue weighted by molar-refractivity contribution is -0.575. The maximum absolute atomic E-state index is 11.8. The van der Waals surface area contributed by atoms with Gasteiger partial charge in [-0.1, -0.05) is 12.1 Å². The zero-order valence-electron chi connectivity index (χ0n) is 8.79. The van der Waals surface area contributed by atoms with Gasteiger partial charge in [-0.25, -0.2) is 4.98 Å². The van der Waals surface area contributed by atoms with Gasteiger partial charge in [0, 0.05) is 15.5 Å². The molecule has 2 aromatic heterocycles. The number of aromatic nitrogens is 2. The van der Waals surface area contributed by atoms with E-state index in [2.05, 4.69) is 14.5 Å². The summed E-state index contributed by atoms with van der Waals surface area (Å²) in [6.07, 6.45) is 1.51. The van der Waals surface area contributed by atoms with Crippen molar-refractivity contribution >= 4 is 41.9 Å². The third-order valence-electron chi connectivity index (χ3n) is 2.53. The van der Waals surface area contributed by atoms with Crippen molar-refractivity contribution in [3.8, 4) is 0 Å². The molecule has 1 unspecified atom stereocenters. The Kier molecular flexibility index (Phi) is 2.67. The topological polar surface area (TPSA) is 49.1 Å². The van der Waals surface area contributed by atoms with E-state index in [0.717, 1.165) is 25.3 Å². The van der Waals surface area contributed by atoms with Crippen molar-refractivity contribution in [2.24, 2.45) is 0 Å². The van der Waals surface area contributed by atoms with Gasteiger partial charge in [0.15, 0.2) is 0 Å². The molecule has 1 aromatic carbocycles. The van der Waals surface area contributed by atoms with Gasteiger partial charge in [-0.3, -0.25) is 0 Å². The van der Waals surface area contributed by atoms with E-state index < -0.39 is 0 Å². The Bertz CT molecular complexity index is 698. The average molecular weight is 264 g/mol. The van der Waals surface area contributed by atoms with Crippen molar-refractivity contribution < 1.29 is 9.25 Å². The molecule has 0 amide bonds. The SMILES string of the molecule is [O-][n+]1cc2nc(COP)sc2c2ccccc21. The molecule has 6 heteroatoms. The van der Waals surface area contributed by atoms with Crippen molar-refractivity contribution in [3.63, 3.8) is 0 Å². The second kappa shape index (κ2) is 4.18. The molecule has 0 saturated carbocycles. The minimum Gasteiger partial charge on any atom is -0.618 e. The zero-order chi connectivity index (χ0) is 11.8. The minimum atomic E-state index is 0.442. The van der Waals surface area contributed by atoms with Crippen LogP contribution in [0, 0.1) is 5.21 Å². The zero-order valence-corrected chi connectivity index (χ0v) is 10.8. The third kappa shape index (κ3) is 1.76. The first-order valence-electron chi connectivity index (χ1n) is 5.01. The molecule has 3 rings (SSSR count). The first-order valence-corrected chi connectivity index (χ1v) is 6.30. The summed E-state index contributed by atoms with van der Waals surface area (Å²) in [4.78, 5) is 4.37. The number of hydrogen-bond acceptors (Lipinski definition) is 4. The second-order valence-corrected chi connectivity index (χ2v) is 5.02. The Morgan fingerprint density at radius 2 is 2.24 bits per heavy atom. The van der Waals surface area contributed by atoms with Gasteiger partial charge >= 0.3 is 0 Å². The lowest BCUT2D eigenvalue weighted by atomic mass is 10.2. The van der Waals surface area contributed by atoms with E-state index in [4.69, 9.17) is 4.52 Å². The van der Waals surface area contributed by atoms with E-state index in [0.29, 0.717) is 12.1 Å². The molecule has 0 aliphatic heterocycles. The Hall–Kier alpha value is -1.29. The molecule has 2 heterocycles. The van der Waals surface area contributed by atoms with Crippen LogP contribution in [0.4, 0.5) is 0 Å². The van der Waals surface area contributed by atoms with Crippen LogP contribution < -0.4 is 4.73 Å². The van der Waals surface area contributed by atoms with Crippen LogP contribution in [0.2, 0.25) is 0 Å². The van der Waals surface area contributed by atoms with Gasteiger partial charge in [-0.05, 0) is 6.07 Å². The Morgan fingerprint density at radius 1 is 1.41 bits per heavy atom. The fraction of sp³-hybridized carbons (Fsp3) is 0.0909. The van der Waals surface area contributed by atoms with E-state index >= 15 is 0 Å². The highest BCUT2D eigenvalue weighted by Crippen LogP contribution is 2.28. The molecule has 17 heavy (non-hydrogen) atoms. The van der Waals surface area contributed by atoms with Gasteiger partial charge in [-0.15, -0.1) is 11.3 Å². The normalized spacial score (nSPS) is 11.4. The molecular weight excluding hydrogens is 255 g/mol. The highest BCUT2D eigenvalue weighted by Gasteiger charge is 2.13. The number of benzene rings is 1. The number of hydrogen-bond donors (Lipinski definition) is 0. The number of thiazole rings is 1. The molecular formula is C11H9N2O2PS. The summed E-state index contributed by atoms with van der Waals surface area (Å²) in [7, 11) is 2.20. The van der Waals surface area contributed by atoms with Crippen LogP contribution in [-0.4, -0.2) is 4.98 Å². The van der Waals surface area contributed by atoms with Crippen LogP contribution in [0.1, 0.15) is 5.01 Å². The van der Waals surface area contributed by atoms with Gasteiger partial charge in [-0.2, -0.15) is 4.73 Å². The van der Waals surface area contributed by atoms with Gasteiger partial charge in [0.1, 0.15) is 17.1 Å². The van der Waals surface area contributed by atoms with Crippen molar-refractivity contribution in [1.82, 2.24) is 4.98 Å². The van der Waals surface area contributed by atoms with Crippen LogP contribution in [0.25, 0.3) is 21.1 Å². The largest absolute Gasteiger partial charge is 0.618 e. The number of pyridine rings is 1. The van der Waals surface area contributed by atoms with Gasteiger partial charge in [0.2, 0.25) is 11.7 Å². The van der Waals surface area contributed by atoms with Gasteiger partial charge in [0.05, 0.1) is 10.1 Å². The minimum absolute atomic E-state index is 0.442. The summed E-state index contributed by atoms with van der Waals surface area (Å²) in [6.45, 7) is 0.442. The quantitative estimate of drug-likeness (QED) is 0.405. The van der Waals surface area contributed by atoms with E-state index in [-0.39, 0.29) is 0 Å². The monoisotopic (exact) mass is 264 g/mol. The van der Waals surface area contributed by atoms with E-state index in [1.54, 1.807) is 11.3 Å². The number of fused-ring (bicyclic) bond motifs is 3. The lowest BCUT2D eigenvalue weighted by Crippen LogP contribution is -2.26. The molecule has 86 valence electrons. The molecule has 0 fully saturated rings.